The molecule has 0 aliphatic carbocycles. The van der Waals surface area contributed by atoms with Crippen molar-refractivity contribution in [2.75, 3.05) is 7.11 Å². The van der Waals surface area contributed by atoms with Crippen LogP contribution in [0.25, 0.3) is 0 Å². The van der Waals surface area contributed by atoms with E-state index in [-0.39, 0.29) is 5.97 Å². The summed E-state index contributed by atoms with van der Waals surface area (Å²) in [5.74, 6) is -0.243. The second-order valence-electron chi connectivity index (χ2n) is 3.77. The molecular formula is C11H12Br2O2. The number of rotatable bonds is 2. The molecule has 0 amide bonds. The molecule has 15 heavy (non-hydrogen) atoms. The largest absolute Gasteiger partial charge is 0.468 e. The van der Waals surface area contributed by atoms with Crippen LogP contribution in [0.5, 0.6) is 0 Å². The number of carbonyl (C=O) groups is 1. The first-order chi connectivity index (χ1) is 6.87. The molecule has 0 N–H and O–H groups in total. The Labute approximate surface area is 106 Å². The van der Waals surface area contributed by atoms with Gasteiger partial charge in [-0.15, -0.1) is 0 Å². The van der Waals surface area contributed by atoms with E-state index in [9.17, 15) is 4.79 Å². The first-order valence-corrected chi connectivity index (χ1v) is 6.01. The molecule has 0 heterocycles. The van der Waals surface area contributed by atoms with Crippen molar-refractivity contribution in [1.82, 2.24) is 0 Å². The van der Waals surface area contributed by atoms with Gasteiger partial charge in [0.25, 0.3) is 0 Å². The van der Waals surface area contributed by atoms with E-state index in [4.69, 9.17) is 4.74 Å². The monoisotopic (exact) mass is 334 g/mol. The van der Waals surface area contributed by atoms with Crippen LogP contribution in [0.1, 0.15) is 19.4 Å². The van der Waals surface area contributed by atoms with Gasteiger partial charge >= 0.3 is 5.97 Å². The first kappa shape index (κ1) is 12.7. The van der Waals surface area contributed by atoms with Crippen molar-refractivity contribution in [2.24, 2.45) is 0 Å². The molecule has 0 radical (unpaired) electrons. The van der Waals surface area contributed by atoms with Crippen LogP contribution in [0.3, 0.4) is 0 Å². The zero-order valence-electron chi connectivity index (χ0n) is 8.80. The van der Waals surface area contributed by atoms with E-state index < -0.39 is 5.41 Å². The Kier molecular flexibility index (Phi) is 3.95. The van der Waals surface area contributed by atoms with Gasteiger partial charge in [0.05, 0.1) is 12.5 Å². The highest BCUT2D eigenvalue weighted by molar-refractivity contribution is 9.11. The summed E-state index contributed by atoms with van der Waals surface area (Å²) in [6.07, 6.45) is 0. The number of benzene rings is 1. The van der Waals surface area contributed by atoms with E-state index in [2.05, 4.69) is 31.9 Å². The Morgan fingerprint density at radius 2 is 1.67 bits per heavy atom. The molecule has 0 unspecified atom stereocenters. The van der Waals surface area contributed by atoms with Gasteiger partial charge in [-0.25, -0.2) is 0 Å². The zero-order chi connectivity index (χ0) is 11.6. The summed E-state index contributed by atoms with van der Waals surface area (Å²) < 4.78 is 6.65. The lowest BCUT2D eigenvalue weighted by molar-refractivity contribution is -0.146. The minimum atomic E-state index is -0.638. The lowest BCUT2D eigenvalue weighted by Gasteiger charge is -2.22. The molecule has 0 saturated heterocycles. The van der Waals surface area contributed by atoms with Crippen LogP contribution in [0, 0.1) is 0 Å². The molecule has 1 aromatic rings. The fraction of sp³-hybridized carbons (Fsp3) is 0.364. The molecule has 82 valence electrons. The van der Waals surface area contributed by atoms with Gasteiger partial charge in [0.2, 0.25) is 0 Å². The molecule has 4 heteroatoms. The summed E-state index contributed by atoms with van der Waals surface area (Å²) in [4.78, 5) is 11.6. The number of carbonyl (C=O) groups excluding carboxylic acids is 1. The highest BCUT2D eigenvalue weighted by atomic mass is 79.9. The molecule has 0 saturated carbocycles. The van der Waals surface area contributed by atoms with Gasteiger partial charge in [0.1, 0.15) is 0 Å². The molecular weight excluding hydrogens is 324 g/mol. The number of methoxy groups -OCH3 is 1. The number of halogens is 2. The Morgan fingerprint density at radius 3 is 2.07 bits per heavy atom. The second-order valence-corrected chi connectivity index (χ2v) is 5.61. The van der Waals surface area contributed by atoms with E-state index in [1.54, 1.807) is 0 Å². The number of esters is 1. The SMILES string of the molecule is COC(=O)C(C)(C)c1cc(Br)cc(Br)c1. The fourth-order valence-corrected chi connectivity index (χ4v) is 2.58. The van der Waals surface area contributed by atoms with Gasteiger partial charge in [-0.1, -0.05) is 31.9 Å². The van der Waals surface area contributed by atoms with Gasteiger partial charge < -0.3 is 4.74 Å². The highest BCUT2D eigenvalue weighted by Crippen LogP contribution is 2.30. The number of hydrogen-bond acceptors (Lipinski definition) is 2. The summed E-state index contributed by atoms with van der Waals surface area (Å²) in [5, 5.41) is 0. The lowest BCUT2D eigenvalue weighted by Crippen LogP contribution is -2.30. The van der Waals surface area contributed by atoms with Gasteiger partial charge in [0, 0.05) is 8.95 Å². The third-order valence-corrected chi connectivity index (χ3v) is 3.20. The maximum atomic E-state index is 11.6. The summed E-state index contributed by atoms with van der Waals surface area (Å²) in [6.45, 7) is 3.68. The quantitative estimate of drug-likeness (QED) is 0.771. The van der Waals surface area contributed by atoms with Crippen molar-refractivity contribution < 1.29 is 9.53 Å². The maximum absolute atomic E-state index is 11.6. The predicted octanol–water partition coefficient (Wildman–Crippen LogP) is 3.66. The van der Waals surface area contributed by atoms with Crippen molar-refractivity contribution in [1.29, 1.82) is 0 Å². The van der Waals surface area contributed by atoms with Gasteiger partial charge in [-0.3, -0.25) is 4.79 Å². The fourth-order valence-electron chi connectivity index (χ4n) is 1.29. The second kappa shape index (κ2) is 4.66. The molecule has 0 aromatic heterocycles. The summed E-state index contributed by atoms with van der Waals surface area (Å²) in [7, 11) is 1.40. The maximum Gasteiger partial charge on any atom is 0.315 e. The van der Waals surface area contributed by atoms with Crippen molar-refractivity contribution in [3.8, 4) is 0 Å². The van der Waals surface area contributed by atoms with Crippen molar-refractivity contribution in [3.05, 3.63) is 32.7 Å². The van der Waals surface area contributed by atoms with Crippen LogP contribution in [0.4, 0.5) is 0 Å². The Hall–Kier alpha value is -0.350. The molecule has 0 aliphatic rings. The molecule has 0 aliphatic heterocycles. The van der Waals surface area contributed by atoms with Crippen LogP contribution in [0.15, 0.2) is 27.1 Å². The van der Waals surface area contributed by atoms with E-state index in [1.165, 1.54) is 7.11 Å². The van der Waals surface area contributed by atoms with Crippen LogP contribution >= 0.6 is 31.9 Å². The van der Waals surface area contributed by atoms with Crippen LogP contribution in [-0.4, -0.2) is 13.1 Å². The standard InChI is InChI=1S/C11H12Br2O2/c1-11(2,10(14)15-3)7-4-8(12)6-9(13)5-7/h4-6H,1-3H3. The smallest absolute Gasteiger partial charge is 0.315 e. The van der Waals surface area contributed by atoms with E-state index in [1.807, 2.05) is 32.0 Å². The van der Waals surface area contributed by atoms with Crippen LogP contribution in [0.2, 0.25) is 0 Å². The van der Waals surface area contributed by atoms with Crippen LogP contribution < -0.4 is 0 Å². The summed E-state index contributed by atoms with van der Waals surface area (Å²) >= 11 is 6.79. The molecule has 1 aromatic carbocycles. The molecule has 1 rings (SSSR count). The van der Waals surface area contributed by atoms with Gasteiger partial charge in [0.15, 0.2) is 0 Å². The van der Waals surface area contributed by atoms with E-state index in [0.717, 1.165) is 14.5 Å². The summed E-state index contributed by atoms with van der Waals surface area (Å²) in [5.41, 5.74) is 0.275. The van der Waals surface area contributed by atoms with E-state index in [0.29, 0.717) is 0 Å². The highest BCUT2D eigenvalue weighted by Gasteiger charge is 2.31. The molecule has 0 spiro atoms. The molecule has 2 nitrogen and oxygen atoms in total. The normalized spacial score (nSPS) is 11.3. The minimum Gasteiger partial charge on any atom is -0.468 e. The van der Waals surface area contributed by atoms with Crippen molar-refractivity contribution >= 4 is 37.8 Å². The topological polar surface area (TPSA) is 26.3 Å². The molecule has 0 atom stereocenters. The van der Waals surface area contributed by atoms with Crippen molar-refractivity contribution in [3.63, 3.8) is 0 Å². The first-order valence-electron chi connectivity index (χ1n) is 4.43. The molecule has 0 fully saturated rings. The number of hydrogen-bond donors (Lipinski definition) is 0. The van der Waals surface area contributed by atoms with Gasteiger partial charge in [-0.2, -0.15) is 0 Å². The average Bonchev–Trinajstić information content (AvgIpc) is 2.15. The summed E-state index contributed by atoms with van der Waals surface area (Å²) in [6, 6.07) is 5.76. The predicted molar refractivity (Wildman–Crippen MR) is 66.9 cm³/mol. The van der Waals surface area contributed by atoms with Gasteiger partial charge in [-0.05, 0) is 37.6 Å². The Bertz CT molecular complexity index is 366. The van der Waals surface area contributed by atoms with Crippen molar-refractivity contribution in [2.45, 2.75) is 19.3 Å². The Balaban J connectivity index is 3.20. The van der Waals surface area contributed by atoms with Crippen LogP contribution in [-0.2, 0) is 14.9 Å². The molecule has 0 bridgehead atoms. The average molecular weight is 336 g/mol. The third kappa shape index (κ3) is 2.82. The zero-order valence-corrected chi connectivity index (χ0v) is 12.0. The minimum absolute atomic E-state index is 0.243. The van der Waals surface area contributed by atoms with E-state index >= 15 is 0 Å². The number of ether oxygens (including phenoxy) is 1. The lowest BCUT2D eigenvalue weighted by atomic mass is 9.85. The third-order valence-electron chi connectivity index (χ3n) is 2.28. The Morgan fingerprint density at radius 1 is 1.20 bits per heavy atom.